The van der Waals surface area contributed by atoms with E-state index in [1.54, 1.807) is 0 Å². The zero-order chi connectivity index (χ0) is 10.2. The molecule has 0 spiro atoms. The molecule has 1 N–H and O–H groups in total. The van der Waals surface area contributed by atoms with Gasteiger partial charge in [0, 0.05) is 0 Å². The molecule has 1 saturated carbocycles. The van der Waals surface area contributed by atoms with E-state index in [4.69, 9.17) is 5.11 Å². The van der Waals surface area contributed by atoms with Gasteiger partial charge in [0.25, 0.3) is 0 Å². The lowest BCUT2D eigenvalue weighted by atomic mass is 9.55. The Kier molecular flexibility index (Phi) is 3.23. The monoisotopic (exact) mass is 310 g/mol. The van der Waals surface area contributed by atoms with E-state index in [2.05, 4.69) is 31.9 Å². The van der Waals surface area contributed by atoms with Gasteiger partial charge in [-0.2, -0.15) is 0 Å². The second kappa shape index (κ2) is 3.73. The first kappa shape index (κ1) is 11.2. The van der Waals surface area contributed by atoms with Crippen LogP contribution in [0, 0.1) is 17.3 Å². The fraction of sp³-hybridized carbons (Fsp3) is 0.667. The summed E-state index contributed by atoms with van der Waals surface area (Å²) in [7, 11) is 0. The van der Waals surface area contributed by atoms with Crippen molar-refractivity contribution in [1.29, 1.82) is 0 Å². The van der Waals surface area contributed by atoms with E-state index in [0.29, 0.717) is 5.92 Å². The lowest BCUT2D eigenvalue weighted by Gasteiger charge is -2.48. The minimum atomic E-state index is -0.680. The molecule has 0 aliphatic heterocycles. The Morgan fingerprint density at radius 2 is 2.08 bits per heavy atom. The molecule has 1 rings (SSSR count). The number of hydrogen-bond donors (Lipinski definition) is 1. The third kappa shape index (κ3) is 2.15. The number of allylic oxidation sites excluding steroid dienone is 1. The fourth-order valence-electron chi connectivity index (χ4n) is 1.81. The summed E-state index contributed by atoms with van der Waals surface area (Å²) in [5.74, 6) is -0.532. The molecule has 1 aliphatic carbocycles. The van der Waals surface area contributed by atoms with Gasteiger partial charge in [0.2, 0.25) is 0 Å². The molecule has 2 atom stereocenters. The van der Waals surface area contributed by atoms with E-state index in [0.717, 1.165) is 9.81 Å². The van der Waals surface area contributed by atoms with E-state index >= 15 is 0 Å². The predicted octanol–water partition coefficient (Wildman–Crippen LogP) is 3.36. The highest BCUT2D eigenvalue weighted by atomic mass is 79.9. The molecular weight excluding hydrogens is 300 g/mol. The first-order valence-electron chi connectivity index (χ1n) is 4.11. The van der Waals surface area contributed by atoms with Crippen molar-refractivity contribution < 1.29 is 9.90 Å². The summed E-state index contributed by atoms with van der Waals surface area (Å²) in [5.41, 5.74) is -0.126. The highest BCUT2D eigenvalue weighted by Crippen LogP contribution is 2.52. The summed E-state index contributed by atoms with van der Waals surface area (Å²) >= 11 is 6.58. The van der Waals surface area contributed by atoms with Crippen LogP contribution in [-0.2, 0) is 4.79 Å². The highest BCUT2D eigenvalue weighted by molar-refractivity contribution is 9.28. The van der Waals surface area contributed by atoms with Gasteiger partial charge in [-0.3, -0.25) is 4.79 Å². The van der Waals surface area contributed by atoms with Crippen molar-refractivity contribution in [2.75, 3.05) is 0 Å². The Labute approximate surface area is 94.7 Å². The summed E-state index contributed by atoms with van der Waals surface area (Å²) in [6.07, 6.45) is 2.77. The molecular formula is C9H12Br2O2. The SMILES string of the molecule is CC1(C)[C@H](C=C(Br)Br)C[C@H]1C(=O)O. The Bertz CT molecular complexity index is 254. The van der Waals surface area contributed by atoms with Crippen molar-refractivity contribution in [1.82, 2.24) is 0 Å². The van der Waals surface area contributed by atoms with Crippen LogP contribution in [0.4, 0.5) is 0 Å². The highest BCUT2D eigenvalue weighted by Gasteiger charge is 2.50. The summed E-state index contributed by atoms with van der Waals surface area (Å²) < 4.78 is 0.905. The Morgan fingerprint density at radius 3 is 2.38 bits per heavy atom. The van der Waals surface area contributed by atoms with Crippen LogP contribution in [0.1, 0.15) is 20.3 Å². The van der Waals surface area contributed by atoms with Gasteiger partial charge in [-0.15, -0.1) is 0 Å². The number of carboxylic acid groups (broad SMARTS) is 1. The predicted molar refractivity (Wildman–Crippen MR) is 59.0 cm³/mol. The molecule has 74 valence electrons. The molecule has 0 unspecified atom stereocenters. The van der Waals surface area contributed by atoms with Crippen LogP contribution >= 0.6 is 31.9 Å². The largest absolute Gasteiger partial charge is 0.481 e. The maximum atomic E-state index is 10.8. The number of halogens is 2. The molecule has 0 aromatic rings. The van der Waals surface area contributed by atoms with Gasteiger partial charge in [0.1, 0.15) is 0 Å². The van der Waals surface area contributed by atoms with Crippen molar-refractivity contribution in [3.63, 3.8) is 0 Å². The van der Waals surface area contributed by atoms with Gasteiger partial charge in [-0.05, 0) is 49.6 Å². The summed E-state index contributed by atoms with van der Waals surface area (Å²) in [5, 5.41) is 8.88. The normalized spacial score (nSPS) is 30.5. The zero-order valence-electron chi connectivity index (χ0n) is 7.55. The van der Waals surface area contributed by atoms with Crippen LogP contribution < -0.4 is 0 Å². The molecule has 0 amide bonds. The molecule has 2 nitrogen and oxygen atoms in total. The molecule has 0 heterocycles. The van der Waals surface area contributed by atoms with Crippen molar-refractivity contribution >= 4 is 37.8 Å². The molecule has 0 aromatic heterocycles. The zero-order valence-corrected chi connectivity index (χ0v) is 10.7. The van der Waals surface area contributed by atoms with Crippen molar-refractivity contribution in [2.24, 2.45) is 17.3 Å². The standard InChI is InChI=1S/C9H12Br2O2/c1-9(2)5(4-7(10)11)3-6(9)8(12)13/h4-6H,3H2,1-2H3,(H,12,13)/t5-,6-/m0/s1. The molecule has 1 fully saturated rings. The summed E-state index contributed by atoms with van der Waals surface area (Å²) in [6.45, 7) is 4.00. The van der Waals surface area contributed by atoms with E-state index < -0.39 is 5.97 Å². The van der Waals surface area contributed by atoms with E-state index in [9.17, 15) is 4.79 Å². The molecule has 4 heteroatoms. The molecule has 1 aliphatic rings. The fourth-order valence-corrected chi connectivity index (χ4v) is 2.45. The quantitative estimate of drug-likeness (QED) is 0.849. The maximum absolute atomic E-state index is 10.8. The average Bonchev–Trinajstić information content (AvgIpc) is 1.96. The van der Waals surface area contributed by atoms with Crippen LogP contribution in [0.3, 0.4) is 0 Å². The molecule has 0 saturated heterocycles. The van der Waals surface area contributed by atoms with Crippen molar-refractivity contribution in [2.45, 2.75) is 20.3 Å². The smallest absolute Gasteiger partial charge is 0.307 e. The average molecular weight is 312 g/mol. The maximum Gasteiger partial charge on any atom is 0.307 e. The third-order valence-corrected chi connectivity index (χ3v) is 3.50. The van der Waals surface area contributed by atoms with Crippen LogP contribution in [0.5, 0.6) is 0 Å². The van der Waals surface area contributed by atoms with Crippen LogP contribution in [0.2, 0.25) is 0 Å². The first-order chi connectivity index (χ1) is 5.85. The van der Waals surface area contributed by atoms with Gasteiger partial charge in [0.05, 0.1) is 9.31 Å². The van der Waals surface area contributed by atoms with Gasteiger partial charge >= 0.3 is 5.97 Å². The van der Waals surface area contributed by atoms with E-state index in [1.165, 1.54) is 0 Å². The van der Waals surface area contributed by atoms with Gasteiger partial charge in [-0.1, -0.05) is 19.9 Å². The van der Waals surface area contributed by atoms with Gasteiger partial charge < -0.3 is 5.11 Å². The molecule has 0 bridgehead atoms. The first-order valence-corrected chi connectivity index (χ1v) is 5.70. The van der Waals surface area contributed by atoms with Crippen molar-refractivity contribution in [3.05, 3.63) is 9.47 Å². The molecule has 0 aromatic carbocycles. The van der Waals surface area contributed by atoms with Crippen LogP contribution in [-0.4, -0.2) is 11.1 Å². The van der Waals surface area contributed by atoms with Gasteiger partial charge in [-0.25, -0.2) is 0 Å². The molecule has 0 radical (unpaired) electrons. The third-order valence-electron chi connectivity index (χ3n) is 2.97. The van der Waals surface area contributed by atoms with E-state index in [-0.39, 0.29) is 11.3 Å². The number of rotatable bonds is 2. The molecule has 13 heavy (non-hydrogen) atoms. The van der Waals surface area contributed by atoms with E-state index in [1.807, 2.05) is 19.9 Å². The minimum absolute atomic E-state index is 0.126. The Morgan fingerprint density at radius 1 is 1.54 bits per heavy atom. The Hall–Kier alpha value is 0.170. The minimum Gasteiger partial charge on any atom is -0.481 e. The second-order valence-corrected chi connectivity index (χ2v) is 6.78. The summed E-state index contributed by atoms with van der Waals surface area (Å²) in [6, 6.07) is 0. The Balaban J connectivity index is 2.70. The lowest BCUT2D eigenvalue weighted by molar-refractivity contribution is -0.156. The summed E-state index contributed by atoms with van der Waals surface area (Å²) in [4.78, 5) is 10.8. The van der Waals surface area contributed by atoms with Crippen LogP contribution in [0.15, 0.2) is 9.47 Å². The van der Waals surface area contributed by atoms with Crippen LogP contribution in [0.25, 0.3) is 0 Å². The second-order valence-electron chi connectivity index (χ2n) is 4.01. The number of aliphatic carboxylic acids is 1. The van der Waals surface area contributed by atoms with Crippen molar-refractivity contribution in [3.8, 4) is 0 Å². The number of hydrogen-bond acceptors (Lipinski definition) is 1. The lowest BCUT2D eigenvalue weighted by Crippen LogP contribution is -2.47. The number of carboxylic acids is 1. The van der Waals surface area contributed by atoms with Gasteiger partial charge in [0.15, 0.2) is 0 Å². The number of carbonyl (C=O) groups is 1. The topological polar surface area (TPSA) is 37.3 Å².